The van der Waals surface area contributed by atoms with E-state index in [4.69, 9.17) is 10.2 Å². The summed E-state index contributed by atoms with van der Waals surface area (Å²) in [6, 6.07) is 4.31. The number of carbonyl (C=O) groups excluding carboxylic acids is 1. The highest BCUT2D eigenvalue weighted by Gasteiger charge is 2.66. The van der Waals surface area contributed by atoms with Gasteiger partial charge in [-0.05, 0) is 23.1 Å². The van der Waals surface area contributed by atoms with Crippen LogP contribution < -0.4 is 5.32 Å². The van der Waals surface area contributed by atoms with Crippen molar-refractivity contribution in [1.82, 2.24) is 5.32 Å². The molecule has 0 spiro atoms. The van der Waals surface area contributed by atoms with E-state index in [1.54, 1.807) is 13.8 Å². The fourth-order valence-corrected chi connectivity index (χ4v) is 2.97. The predicted octanol–water partition coefficient (Wildman–Crippen LogP) is 1.81. The first kappa shape index (κ1) is 16.9. The smallest absolute Gasteiger partial charge is 0.307 e. The van der Waals surface area contributed by atoms with Crippen LogP contribution in [0.15, 0.2) is 24.3 Å². The van der Waals surface area contributed by atoms with E-state index in [-0.39, 0.29) is 6.42 Å². The number of nitrogens with one attached hydrogen (secondary N) is 1. The number of hydrogen-bond acceptors (Lipinski definition) is 3. The lowest BCUT2D eigenvalue weighted by molar-refractivity contribution is -0.141. The van der Waals surface area contributed by atoms with Crippen LogP contribution in [0.3, 0.4) is 0 Å². The average Bonchev–Trinajstić information content (AvgIpc) is 3.01. The summed E-state index contributed by atoms with van der Waals surface area (Å²) in [5, 5.41) is 20.7. The number of aliphatic carboxylic acids is 2. The summed E-state index contributed by atoms with van der Waals surface area (Å²) in [6.45, 7) is 3.36. The van der Waals surface area contributed by atoms with Crippen molar-refractivity contribution in [2.45, 2.75) is 26.3 Å². The second-order valence-corrected chi connectivity index (χ2v) is 6.33. The van der Waals surface area contributed by atoms with Crippen LogP contribution in [0.25, 0.3) is 0 Å². The number of carboxylic acids is 2. The maximum Gasteiger partial charge on any atom is 0.307 e. The van der Waals surface area contributed by atoms with Crippen molar-refractivity contribution in [1.29, 1.82) is 0 Å². The Labute approximate surface area is 132 Å². The topological polar surface area (TPSA) is 104 Å². The van der Waals surface area contributed by atoms with Gasteiger partial charge >= 0.3 is 11.9 Å². The van der Waals surface area contributed by atoms with Gasteiger partial charge in [-0.25, -0.2) is 4.39 Å². The van der Waals surface area contributed by atoms with Gasteiger partial charge in [0.15, 0.2) is 0 Å². The van der Waals surface area contributed by atoms with Gasteiger partial charge < -0.3 is 15.5 Å². The van der Waals surface area contributed by atoms with Gasteiger partial charge in [-0.3, -0.25) is 14.4 Å². The zero-order valence-electron chi connectivity index (χ0n) is 12.7. The van der Waals surface area contributed by atoms with Gasteiger partial charge in [0.2, 0.25) is 5.91 Å². The lowest BCUT2D eigenvalue weighted by atomic mass is 10.0. The maximum atomic E-state index is 13.0. The first-order valence-electron chi connectivity index (χ1n) is 7.15. The zero-order valence-corrected chi connectivity index (χ0v) is 12.7. The fraction of sp³-hybridized carbons (Fsp3) is 0.438. The molecule has 1 saturated carbocycles. The van der Waals surface area contributed by atoms with Gasteiger partial charge in [0, 0.05) is 0 Å². The van der Waals surface area contributed by atoms with Crippen molar-refractivity contribution in [3.05, 3.63) is 35.6 Å². The van der Waals surface area contributed by atoms with Crippen molar-refractivity contribution in [2.24, 2.45) is 17.3 Å². The standard InChI is InChI=1S/C16H18FNO5/c1-16(2)12(13(16)15(22)23)14(21)18-10(7-11(19)20)8-3-5-9(17)6-4-8/h3-6,10,12-13H,7H2,1-2H3,(H,18,21)(H,19,20)(H,22,23)/t10-,12+,13+/m1/s1. The lowest BCUT2D eigenvalue weighted by Crippen LogP contribution is -2.32. The van der Waals surface area contributed by atoms with Crippen LogP contribution in [-0.2, 0) is 14.4 Å². The first-order chi connectivity index (χ1) is 10.6. The lowest BCUT2D eigenvalue weighted by Gasteiger charge is -2.18. The molecule has 1 aliphatic rings. The highest BCUT2D eigenvalue weighted by atomic mass is 19.1. The van der Waals surface area contributed by atoms with Crippen LogP contribution in [-0.4, -0.2) is 28.1 Å². The number of carbonyl (C=O) groups is 3. The van der Waals surface area contributed by atoms with E-state index in [1.165, 1.54) is 24.3 Å². The Morgan fingerprint density at radius 1 is 1.17 bits per heavy atom. The van der Waals surface area contributed by atoms with Crippen LogP contribution in [0.2, 0.25) is 0 Å². The predicted molar refractivity (Wildman–Crippen MR) is 77.9 cm³/mol. The molecule has 0 aliphatic heterocycles. The normalized spacial score (nSPS) is 22.9. The molecule has 124 valence electrons. The third kappa shape index (κ3) is 3.49. The minimum atomic E-state index is -1.12. The summed E-state index contributed by atoms with van der Waals surface area (Å²) in [5.74, 6) is -4.64. The quantitative estimate of drug-likeness (QED) is 0.741. The molecule has 0 bridgehead atoms. The molecule has 1 amide bonds. The largest absolute Gasteiger partial charge is 0.481 e. The van der Waals surface area contributed by atoms with Crippen molar-refractivity contribution >= 4 is 17.8 Å². The molecule has 0 aromatic heterocycles. The summed E-state index contributed by atoms with van der Waals surface area (Å²) in [6.07, 6.45) is -0.373. The molecule has 1 aromatic rings. The van der Waals surface area contributed by atoms with Crippen LogP contribution in [0, 0.1) is 23.1 Å². The Kier molecular flexibility index (Phi) is 4.40. The summed E-state index contributed by atoms with van der Waals surface area (Å²) >= 11 is 0. The van der Waals surface area contributed by atoms with Gasteiger partial charge in [0.25, 0.3) is 0 Å². The van der Waals surface area contributed by atoms with Crippen molar-refractivity contribution in [2.75, 3.05) is 0 Å². The Balaban J connectivity index is 2.15. The van der Waals surface area contributed by atoms with E-state index in [1.807, 2.05) is 0 Å². The Morgan fingerprint density at radius 2 is 1.74 bits per heavy atom. The number of hydrogen-bond donors (Lipinski definition) is 3. The van der Waals surface area contributed by atoms with Gasteiger partial charge in [-0.2, -0.15) is 0 Å². The summed E-state index contributed by atoms with van der Waals surface area (Å²) in [7, 11) is 0. The van der Waals surface area contributed by atoms with E-state index in [0.717, 1.165) is 0 Å². The Hall–Kier alpha value is -2.44. The third-order valence-corrected chi connectivity index (χ3v) is 4.34. The molecule has 1 aromatic carbocycles. The molecular weight excluding hydrogens is 305 g/mol. The monoisotopic (exact) mass is 323 g/mol. The highest BCUT2D eigenvalue weighted by molar-refractivity contribution is 5.92. The molecule has 1 fully saturated rings. The minimum absolute atomic E-state index is 0.373. The first-order valence-corrected chi connectivity index (χ1v) is 7.15. The molecular formula is C16H18FNO5. The third-order valence-electron chi connectivity index (χ3n) is 4.34. The van der Waals surface area contributed by atoms with E-state index in [0.29, 0.717) is 5.56 Å². The van der Waals surface area contributed by atoms with Crippen molar-refractivity contribution in [3.63, 3.8) is 0 Å². The van der Waals surface area contributed by atoms with Crippen LogP contribution >= 0.6 is 0 Å². The zero-order chi connectivity index (χ0) is 17.4. The van der Waals surface area contributed by atoms with Gasteiger partial charge in [-0.1, -0.05) is 26.0 Å². The number of amides is 1. The summed E-state index contributed by atoms with van der Waals surface area (Å²) < 4.78 is 13.0. The van der Waals surface area contributed by atoms with Crippen LogP contribution in [0.4, 0.5) is 4.39 Å². The molecule has 3 atom stereocenters. The molecule has 7 heteroatoms. The van der Waals surface area contributed by atoms with Gasteiger partial charge in [0.1, 0.15) is 5.82 Å². The average molecular weight is 323 g/mol. The molecule has 1 aliphatic carbocycles. The molecule has 0 heterocycles. The number of benzene rings is 1. The van der Waals surface area contributed by atoms with Gasteiger partial charge in [0.05, 0.1) is 24.3 Å². The maximum absolute atomic E-state index is 13.0. The second-order valence-electron chi connectivity index (χ2n) is 6.33. The fourth-order valence-electron chi connectivity index (χ4n) is 2.97. The van der Waals surface area contributed by atoms with E-state index in [9.17, 15) is 18.8 Å². The van der Waals surface area contributed by atoms with Crippen LogP contribution in [0.1, 0.15) is 31.9 Å². The molecule has 0 radical (unpaired) electrons. The molecule has 3 N–H and O–H groups in total. The molecule has 0 unspecified atom stereocenters. The van der Waals surface area contributed by atoms with E-state index < -0.39 is 47.0 Å². The number of halogens is 1. The van der Waals surface area contributed by atoms with Gasteiger partial charge in [-0.15, -0.1) is 0 Å². The van der Waals surface area contributed by atoms with Crippen molar-refractivity contribution < 1.29 is 29.0 Å². The van der Waals surface area contributed by atoms with Crippen molar-refractivity contribution in [3.8, 4) is 0 Å². The number of carboxylic acid groups (broad SMARTS) is 2. The van der Waals surface area contributed by atoms with E-state index in [2.05, 4.69) is 5.32 Å². The van der Waals surface area contributed by atoms with Crippen LogP contribution in [0.5, 0.6) is 0 Å². The SMILES string of the molecule is CC1(C)[C@H](C(=O)O)[C@H]1C(=O)N[C@H](CC(=O)O)c1ccc(F)cc1. The molecule has 23 heavy (non-hydrogen) atoms. The molecule has 6 nitrogen and oxygen atoms in total. The molecule has 0 saturated heterocycles. The summed E-state index contributed by atoms with van der Waals surface area (Å²) in [5.41, 5.74) is -0.223. The Bertz CT molecular complexity index is 640. The number of rotatable bonds is 6. The molecule has 2 rings (SSSR count). The highest BCUT2D eigenvalue weighted by Crippen LogP contribution is 2.58. The summed E-state index contributed by atoms with van der Waals surface area (Å²) in [4.78, 5) is 34.5. The minimum Gasteiger partial charge on any atom is -0.481 e. The second kappa shape index (κ2) is 5.98. The van der Waals surface area contributed by atoms with E-state index >= 15 is 0 Å². The Morgan fingerprint density at radius 3 is 2.17 bits per heavy atom.